The molecular weight excluding hydrogens is 439 g/mol. The van der Waals surface area contributed by atoms with E-state index >= 15 is 0 Å². The fourth-order valence-electron chi connectivity index (χ4n) is 2.69. The van der Waals surface area contributed by atoms with Crippen molar-refractivity contribution in [2.75, 3.05) is 12.0 Å². The van der Waals surface area contributed by atoms with E-state index in [1.54, 1.807) is 42.6 Å². The lowest BCUT2D eigenvalue weighted by Gasteiger charge is -2.13. The first kappa shape index (κ1) is 22.5. The van der Waals surface area contributed by atoms with Gasteiger partial charge in [0.15, 0.2) is 11.5 Å². The molecule has 2 N–H and O–H groups in total. The molecule has 0 unspecified atom stereocenters. The van der Waals surface area contributed by atoms with E-state index in [0.29, 0.717) is 33.8 Å². The van der Waals surface area contributed by atoms with E-state index in [1.165, 1.54) is 12.1 Å². The Kier molecular flexibility index (Phi) is 7.76. The van der Waals surface area contributed by atoms with Gasteiger partial charge in [0.1, 0.15) is 6.61 Å². The molecule has 0 aliphatic carbocycles. The number of carbonyl (C=O) groups is 1. The van der Waals surface area contributed by atoms with Crippen LogP contribution in [0.3, 0.4) is 0 Å². The molecule has 3 aromatic rings. The summed E-state index contributed by atoms with van der Waals surface area (Å²) in [5, 5.41) is 14.3. The molecule has 31 heavy (non-hydrogen) atoms. The zero-order valence-corrected chi connectivity index (χ0v) is 18.2. The Morgan fingerprint density at radius 3 is 2.65 bits per heavy atom. The Morgan fingerprint density at radius 2 is 1.90 bits per heavy atom. The van der Waals surface area contributed by atoms with Gasteiger partial charge in [0, 0.05) is 15.6 Å². The molecule has 0 aliphatic rings. The van der Waals surface area contributed by atoms with Crippen LogP contribution in [0.2, 0.25) is 10.0 Å². The van der Waals surface area contributed by atoms with Crippen LogP contribution in [0.25, 0.3) is 0 Å². The number of nitrogens with zero attached hydrogens (tertiary/aromatic N) is 1. The maximum atomic E-state index is 11.1. The van der Waals surface area contributed by atoms with E-state index in [1.807, 2.05) is 19.1 Å². The van der Waals surface area contributed by atoms with Gasteiger partial charge in [0.25, 0.3) is 0 Å². The van der Waals surface area contributed by atoms with E-state index in [-0.39, 0.29) is 12.2 Å². The summed E-state index contributed by atoms with van der Waals surface area (Å²) in [6, 6.07) is 17.1. The highest BCUT2D eigenvalue weighted by Crippen LogP contribution is 2.30. The number of aromatic carboxylic acids is 1. The zero-order valence-electron chi connectivity index (χ0n) is 16.6. The highest BCUT2D eigenvalue weighted by atomic mass is 35.5. The van der Waals surface area contributed by atoms with Crippen LogP contribution in [-0.2, 0) is 6.61 Å². The number of benzene rings is 3. The van der Waals surface area contributed by atoms with Crippen molar-refractivity contribution in [3.05, 3.63) is 87.4 Å². The molecule has 0 bridgehead atoms. The van der Waals surface area contributed by atoms with Crippen molar-refractivity contribution in [1.82, 2.24) is 0 Å². The molecule has 0 fully saturated rings. The van der Waals surface area contributed by atoms with Crippen molar-refractivity contribution in [2.24, 2.45) is 5.10 Å². The molecule has 0 heterocycles. The largest absolute Gasteiger partial charge is 0.490 e. The number of nitrogens with one attached hydrogen (secondary N) is 1. The number of halogens is 2. The van der Waals surface area contributed by atoms with Gasteiger partial charge < -0.3 is 14.6 Å². The smallest absolute Gasteiger partial charge is 0.335 e. The predicted molar refractivity (Wildman–Crippen MR) is 123 cm³/mol. The second-order valence-corrected chi connectivity index (χ2v) is 7.26. The number of hydrogen-bond acceptors (Lipinski definition) is 5. The maximum Gasteiger partial charge on any atom is 0.335 e. The Balaban J connectivity index is 1.69. The normalized spacial score (nSPS) is 10.8. The molecule has 0 aromatic heterocycles. The van der Waals surface area contributed by atoms with E-state index in [0.717, 1.165) is 11.1 Å². The molecule has 3 rings (SSSR count). The van der Waals surface area contributed by atoms with Crippen LogP contribution >= 0.6 is 23.2 Å². The average Bonchev–Trinajstić information content (AvgIpc) is 2.74. The number of carboxylic acid groups (broad SMARTS) is 1. The van der Waals surface area contributed by atoms with Crippen LogP contribution in [-0.4, -0.2) is 23.9 Å². The van der Waals surface area contributed by atoms with Crippen molar-refractivity contribution in [1.29, 1.82) is 0 Å². The van der Waals surface area contributed by atoms with Crippen molar-refractivity contribution < 1.29 is 19.4 Å². The van der Waals surface area contributed by atoms with Crippen LogP contribution in [0.5, 0.6) is 11.5 Å². The molecule has 0 radical (unpaired) electrons. The van der Waals surface area contributed by atoms with Gasteiger partial charge in [-0.3, -0.25) is 5.43 Å². The quantitative estimate of drug-likeness (QED) is 0.298. The average molecular weight is 459 g/mol. The summed E-state index contributed by atoms with van der Waals surface area (Å²) in [6.45, 7) is 2.63. The minimum Gasteiger partial charge on any atom is -0.490 e. The van der Waals surface area contributed by atoms with Crippen molar-refractivity contribution in [3.63, 3.8) is 0 Å². The highest BCUT2D eigenvalue weighted by Gasteiger charge is 2.09. The van der Waals surface area contributed by atoms with Gasteiger partial charge in [-0.1, -0.05) is 35.3 Å². The first-order valence-corrected chi connectivity index (χ1v) is 10.2. The summed E-state index contributed by atoms with van der Waals surface area (Å²) in [4.78, 5) is 11.1. The first-order valence-electron chi connectivity index (χ1n) is 9.42. The summed E-state index contributed by atoms with van der Waals surface area (Å²) in [5.74, 6) is 0.154. The molecule has 6 nitrogen and oxygen atoms in total. The van der Waals surface area contributed by atoms with Gasteiger partial charge in [-0.2, -0.15) is 5.10 Å². The third-order valence-corrected chi connectivity index (χ3v) is 4.77. The number of ether oxygens (including phenoxy) is 2. The van der Waals surface area contributed by atoms with Gasteiger partial charge >= 0.3 is 5.97 Å². The van der Waals surface area contributed by atoms with Crippen molar-refractivity contribution in [2.45, 2.75) is 13.5 Å². The molecule has 3 aromatic carbocycles. The Hall–Kier alpha value is -3.22. The number of carboxylic acids is 1. The number of hydrogen-bond donors (Lipinski definition) is 2. The summed E-state index contributed by atoms with van der Waals surface area (Å²) < 4.78 is 11.6. The molecule has 160 valence electrons. The van der Waals surface area contributed by atoms with Crippen LogP contribution < -0.4 is 14.9 Å². The maximum absolute atomic E-state index is 11.1. The lowest BCUT2D eigenvalue weighted by molar-refractivity contribution is 0.0697. The first-order chi connectivity index (χ1) is 15.0. The minimum atomic E-state index is -0.996. The summed E-state index contributed by atoms with van der Waals surface area (Å²) in [5.41, 5.74) is 5.16. The van der Waals surface area contributed by atoms with Gasteiger partial charge in [-0.25, -0.2) is 4.79 Å². The van der Waals surface area contributed by atoms with Gasteiger partial charge in [-0.15, -0.1) is 0 Å². The highest BCUT2D eigenvalue weighted by molar-refractivity contribution is 6.35. The number of rotatable bonds is 9. The minimum absolute atomic E-state index is 0.182. The fraction of sp³-hybridized carbons (Fsp3) is 0.130. The molecule has 0 atom stereocenters. The van der Waals surface area contributed by atoms with E-state index in [9.17, 15) is 4.79 Å². The van der Waals surface area contributed by atoms with Gasteiger partial charge in [0.05, 0.1) is 24.1 Å². The zero-order chi connectivity index (χ0) is 22.2. The van der Waals surface area contributed by atoms with Gasteiger partial charge in [0.2, 0.25) is 0 Å². The lowest BCUT2D eigenvalue weighted by Crippen LogP contribution is -2.01. The topological polar surface area (TPSA) is 80.2 Å². The molecule has 0 spiro atoms. The SMILES string of the molecule is CCOc1cc(/C=N/Nc2cccc(C(=O)O)c2)ccc1OCc1ccc(Cl)cc1Cl. The van der Waals surface area contributed by atoms with Crippen molar-refractivity contribution >= 4 is 41.1 Å². The summed E-state index contributed by atoms with van der Waals surface area (Å²) >= 11 is 12.1. The molecule has 8 heteroatoms. The van der Waals surface area contributed by atoms with Crippen LogP contribution in [0, 0.1) is 0 Å². The van der Waals surface area contributed by atoms with Gasteiger partial charge in [-0.05, 0) is 61.0 Å². The number of hydrazone groups is 1. The molecule has 0 saturated carbocycles. The third-order valence-electron chi connectivity index (χ3n) is 4.18. The molecular formula is C23H20Cl2N2O4. The second kappa shape index (κ2) is 10.7. The fourth-order valence-corrected chi connectivity index (χ4v) is 3.15. The molecule has 0 amide bonds. The third kappa shape index (κ3) is 6.38. The van der Waals surface area contributed by atoms with Crippen LogP contribution in [0.4, 0.5) is 5.69 Å². The van der Waals surface area contributed by atoms with E-state index in [2.05, 4.69) is 10.5 Å². The monoisotopic (exact) mass is 458 g/mol. The Morgan fingerprint density at radius 1 is 1.06 bits per heavy atom. The molecule has 0 aliphatic heterocycles. The number of anilines is 1. The Labute approximate surface area is 190 Å². The van der Waals surface area contributed by atoms with Crippen LogP contribution in [0.15, 0.2) is 65.8 Å². The summed E-state index contributed by atoms with van der Waals surface area (Å²) in [7, 11) is 0. The molecule has 0 saturated heterocycles. The lowest BCUT2D eigenvalue weighted by atomic mass is 10.2. The standard InChI is InChI=1S/C23H20Cl2N2O4/c1-2-30-22-10-15(13-26-27-19-5-3-4-16(11-19)23(28)29)6-9-21(22)31-14-17-7-8-18(24)12-20(17)25/h3-13,27H,2,14H2,1H3,(H,28,29)/b26-13+. The van der Waals surface area contributed by atoms with Crippen molar-refractivity contribution in [3.8, 4) is 11.5 Å². The Bertz CT molecular complexity index is 1100. The van der Waals surface area contributed by atoms with E-state index < -0.39 is 5.97 Å². The van der Waals surface area contributed by atoms with E-state index in [4.69, 9.17) is 37.8 Å². The predicted octanol–water partition coefficient (Wildman–Crippen LogP) is 6.12. The van der Waals surface area contributed by atoms with Crippen LogP contribution in [0.1, 0.15) is 28.4 Å². The second-order valence-electron chi connectivity index (χ2n) is 6.42. The summed E-state index contributed by atoms with van der Waals surface area (Å²) in [6.07, 6.45) is 1.61.